The van der Waals surface area contributed by atoms with E-state index in [1.165, 1.54) is 11.3 Å². The summed E-state index contributed by atoms with van der Waals surface area (Å²) in [5, 5.41) is 0. The van der Waals surface area contributed by atoms with E-state index in [1.807, 2.05) is 31.2 Å². The number of ether oxygens (including phenoxy) is 1. The van der Waals surface area contributed by atoms with E-state index in [2.05, 4.69) is 11.8 Å². The highest BCUT2D eigenvalue weighted by molar-refractivity contribution is 6.35. The first-order valence-electron chi connectivity index (χ1n) is 9.06. The number of hydrogen-bond donors (Lipinski definition) is 0. The van der Waals surface area contributed by atoms with Crippen LogP contribution in [0.1, 0.15) is 38.7 Å². The number of nitrogens with zero attached hydrogens (tertiary/aromatic N) is 2. The first-order chi connectivity index (χ1) is 12.1. The fourth-order valence-electron chi connectivity index (χ4n) is 3.69. The minimum absolute atomic E-state index is 0.147. The smallest absolute Gasteiger partial charge is 0.277 e. The van der Waals surface area contributed by atoms with E-state index in [1.54, 1.807) is 7.11 Å². The van der Waals surface area contributed by atoms with Gasteiger partial charge in [0.1, 0.15) is 11.4 Å². The zero-order chi connectivity index (χ0) is 18.0. The van der Waals surface area contributed by atoms with Gasteiger partial charge < -0.3 is 9.64 Å². The molecule has 5 heteroatoms. The lowest BCUT2D eigenvalue weighted by Crippen LogP contribution is -2.39. The normalized spacial score (nSPS) is 21.3. The fraction of sp³-hybridized carbons (Fsp3) is 0.500. The van der Waals surface area contributed by atoms with Crippen molar-refractivity contribution in [2.75, 3.05) is 26.7 Å². The van der Waals surface area contributed by atoms with E-state index >= 15 is 0 Å². The van der Waals surface area contributed by atoms with Crippen LogP contribution >= 0.6 is 0 Å². The van der Waals surface area contributed by atoms with Crippen LogP contribution in [0, 0.1) is 5.92 Å². The van der Waals surface area contributed by atoms with Crippen LogP contribution in [0.2, 0.25) is 0 Å². The Morgan fingerprint density at radius 2 is 1.88 bits per heavy atom. The third-order valence-corrected chi connectivity index (χ3v) is 4.94. The Labute approximate surface area is 149 Å². The molecule has 0 radical (unpaired) electrons. The van der Waals surface area contributed by atoms with Crippen LogP contribution in [-0.4, -0.2) is 48.4 Å². The summed E-state index contributed by atoms with van der Waals surface area (Å²) in [4.78, 5) is 29.5. The molecule has 1 saturated heterocycles. The van der Waals surface area contributed by atoms with Crippen LogP contribution in [0.4, 0.5) is 0 Å². The van der Waals surface area contributed by atoms with Gasteiger partial charge in [-0.2, -0.15) is 0 Å². The molecule has 2 aliphatic heterocycles. The summed E-state index contributed by atoms with van der Waals surface area (Å²) < 4.78 is 5.21. The topological polar surface area (TPSA) is 49.9 Å². The molecule has 3 rings (SSSR count). The van der Waals surface area contributed by atoms with Gasteiger partial charge in [-0.1, -0.05) is 26.0 Å². The number of likely N-dealkylation sites (tertiary alicyclic amines) is 1. The number of hydrogen-bond acceptors (Lipinski definition) is 4. The van der Waals surface area contributed by atoms with Crippen LogP contribution < -0.4 is 4.74 Å². The summed E-state index contributed by atoms with van der Waals surface area (Å²) in [6, 6.07) is 7.39. The van der Waals surface area contributed by atoms with E-state index in [-0.39, 0.29) is 11.8 Å². The molecule has 0 N–H and O–H groups in total. The molecule has 2 aliphatic rings. The van der Waals surface area contributed by atoms with Crippen molar-refractivity contribution in [2.45, 2.75) is 33.1 Å². The van der Waals surface area contributed by atoms with Gasteiger partial charge in [0.15, 0.2) is 0 Å². The first-order valence-corrected chi connectivity index (χ1v) is 9.06. The van der Waals surface area contributed by atoms with Gasteiger partial charge in [-0.25, -0.2) is 0 Å². The van der Waals surface area contributed by atoms with Crippen molar-refractivity contribution in [1.29, 1.82) is 0 Å². The molecule has 1 aromatic carbocycles. The van der Waals surface area contributed by atoms with Gasteiger partial charge >= 0.3 is 0 Å². The molecule has 1 atom stereocenters. The van der Waals surface area contributed by atoms with Gasteiger partial charge in [0.25, 0.3) is 11.8 Å². The van der Waals surface area contributed by atoms with Crippen molar-refractivity contribution in [3.8, 4) is 5.75 Å². The maximum absolute atomic E-state index is 13.0. The number of benzene rings is 1. The van der Waals surface area contributed by atoms with Crippen LogP contribution in [-0.2, 0) is 9.59 Å². The van der Waals surface area contributed by atoms with E-state index < -0.39 is 0 Å². The van der Waals surface area contributed by atoms with Crippen LogP contribution in [0.25, 0.3) is 5.57 Å². The Kier molecular flexibility index (Phi) is 5.11. The van der Waals surface area contributed by atoms with Gasteiger partial charge in [-0.3, -0.25) is 14.5 Å². The minimum Gasteiger partial charge on any atom is -0.497 e. The summed E-state index contributed by atoms with van der Waals surface area (Å²) in [7, 11) is 1.61. The van der Waals surface area contributed by atoms with E-state index in [0.29, 0.717) is 23.7 Å². The van der Waals surface area contributed by atoms with Crippen molar-refractivity contribution in [2.24, 2.45) is 5.92 Å². The van der Waals surface area contributed by atoms with E-state index in [0.717, 1.165) is 37.2 Å². The molecule has 0 bridgehead atoms. The Bertz CT molecular complexity index is 693. The number of carbonyl (C=O) groups is 2. The predicted molar refractivity (Wildman–Crippen MR) is 96.9 cm³/mol. The highest BCUT2D eigenvalue weighted by atomic mass is 16.5. The average molecular weight is 342 g/mol. The summed E-state index contributed by atoms with van der Waals surface area (Å²) in [6.45, 7) is 6.30. The van der Waals surface area contributed by atoms with Crippen molar-refractivity contribution >= 4 is 17.4 Å². The number of rotatable bonds is 5. The largest absolute Gasteiger partial charge is 0.497 e. The van der Waals surface area contributed by atoms with Gasteiger partial charge in [0.2, 0.25) is 0 Å². The lowest BCUT2D eigenvalue weighted by molar-refractivity contribution is -0.137. The monoisotopic (exact) mass is 342 g/mol. The Morgan fingerprint density at radius 1 is 1.16 bits per heavy atom. The standard InChI is InChI=1S/C20H26N2O3/c1-4-11-22-19(23)17(15-7-9-16(25-3)10-8-15)18(20(22)24)21-12-5-6-14(2)13-21/h7-10,14H,4-6,11-13H2,1-3H3. The molecular formula is C20H26N2O3. The first kappa shape index (κ1) is 17.5. The van der Waals surface area contributed by atoms with E-state index in [4.69, 9.17) is 4.74 Å². The summed E-state index contributed by atoms with van der Waals surface area (Å²) >= 11 is 0. The molecule has 0 spiro atoms. The van der Waals surface area contributed by atoms with Crippen molar-refractivity contribution in [3.05, 3.63) is 35.5 Å². The maximum atomic E-state index is 13.0. The number of imide groups is 1. The van der Waals surface area contributed by atoms with Gasteiger partial charge in [0.05, 0.1) is 12.7 Å². The Hall–Kier alpha value is -2.30. The molecule has 0 aliphatic carbocycles. The van der Waals surface area contributed by atoms with Gasteiger partial charge in [-0.15, -0.1) is 0 Å². The van der Waals surface area contributed by atoms with Gasteiger partial charge in [-0.05, 0) is 42.9 Å². The zero-order valence-corrected chi connectivity index (χ0v) is 15.2. The van der Waals surface area contributed by atoms with Gasteiger partial charge in [0, 0.05) is 19.6 Å². The number of amides is 2. The van der Waals surface area contributed by atoms with Crippen LogP contribution in [0.5, 0.6) is 5.75 Å². The second kappa shape index (κ2) is 7.30. The summed E-state index contributed by atoms with van der Waals surface area (Å²) in [6.07, 6.45) is 2.98. The lowest BCUT2D eigenvalue weighted by Gasteiger charge is -2.33. The Morgan fingerprint density at radius 3 is 2.48 bits per heavy atom. The molecule has 1 unspecified atom stereocenters. The second-order valence-corrected chi connectivity index (χ2v) is 6.91. The average Bonchev–Trinajstić information content (AvgIpc) is 2.87. The SMILES string of the molecule is CCCN1C(=O)C(c2ccc(OC)cc2)=C(N2CCCC(C)C2)C1=O. The van der Waals surface area contributed by atoms with E-state index in [9.17, 15) is 9.59 Å². The molecule has 5 nitrogen and oxygen atoms in total. The summed E-state index contributed by atoms with van der Waals surface area (Å²) in [5.74, 6) is 0.943. The molecular weight excluding hydrogens is 316 g/mol. The number of piperidine rings is 1. The predicted octanol–water partition coefficient (Wildman–Crippen LogP) is 2.92. The molecule has 2 amide bonds. The summed E-state index contributed by atoms with van der Waals surface area (Å²) in [5.41, 5.74) is 1.90. The molecule has 1 fully saturated rings. The zero-order valence-electron chi connectivity index (χ0n) is 15.2. The molecule has 2 heterocycles. The third kappa shape index (κ3) is 3.28. The van der Waals surface area contributed by atoms with Crippen molar-refractivity contribution in [3.63, 3.8) is 0 Å². The van der Waals surface area contributed by atoms with Crippen molar-refractivity contribution < 1.29 is 14.3 Å². The maximum Gasteiger partial charge on any atom is 0.277 e. The van der Waals surface area contributed by atoms with Crippen LogP contribution in [0.15, 0.2) is 30.0 Å². The highest BCUT2D eigenvalue weighted by Gasteiger charge is 2.41. The minimum atomic E-state index is -0.176. The molecule has 0 aromatic heterocycles. The lowest BCUT2D eigenvalue weighted by atomic mass is 9.98. The second-order valence-electron chi connectivity index (χ2n) is 6.91. The molecule has 0 saturated carbocycles. The fourth-order valence-corrected chi connectivity index (χ4v) is 3.69. The van der Waals surface area contributed by atoms with Crippen LogP contribution in [0.3, 0.4) is 0 Å². The third-order valence-electron chi connectivity index (χ3n) is 4.94. The molecule has 1 aromatic rings. The molecule has 134 valence electrons. The Balaban J connectivity index is 2.04. The quantitative estimate of drug-likeness (QED) is 0.772. The highest BCUT2D eigenvalue weighted by Crippen LogP contribution is 2.34. The molecule has 25 heavy (non-hydrogen) atoms. The van der Waals surface area contributed by atoms with Crippen molar-refractivity contribution in [1.82, 2.24) is 9.80 Å². The number of carbonyl (C=O) groups excluding carboxylic acids is 2. The number of methoxy groups -OCH3 is 1.